The number of anilines is 1. The smallest absolute Gasteiger partial charge is 0.261 e. The van der Waals surface area contributed by atoms with Crippen LogP contribution in [0.1, 0.15) is 25.0 Å². The zero-order chi connectivity index (χ0) is 25.3. The van der Waals surface area contributed by atoms with Gasteiger partial charge in [-0.15, -0.1) is 0 Å². The Labute approximate surface area is 216 Å². The zero-order valence-corrected chi connectivity index (χ0v) is 21.6. The highest BCUT2D eigenvalue weighted by atomic mass is 35.5. The number of allylic oxidation sites excluding steroid dienone is 2. The highest BCUT2D eigenvalue weighted by Gasteiger charge is 2.50. The number of carbonyl (C=O) groups excluding carboxylic acids is 2. The van der Waals surface area contributed by atoms with Gasteiger partial charge in [-0.1, -0.05) is 67.1 Å². The third-order valence-corrected chi connectivity index (χ3v) is 7.41. The topological polar surface area (TPSA) is 87.8 Å². The van der Waals surface area contributed by atoms with Crippen LogP contribution in [-0.2, 0) is 9.59 Å². The minimum atomic E-state index is -1.34. The van der Waals surface area contributed by atoms with Crippen LogP contribution >= 0.6 is 24.2 Å². The fourth-order valence-corrected chi connectivity index (χ4v) is 5.32. The molecule has 2 aromatic rings. The van der Waals surface area contributed by atoms with Crippen molar-refractivity contribution in [2.75, 3.05) is 17.7 Å². The van der Waals surface area contributed by atoms with Gasteiger partial charge < -0.3 is 5.73 Å². The van der Waals surface area contributed by atoms with E-state index in [4.69, 9.17) is 22.3 Å². The summed E-state index contributed by atoms with van der Waals surface area (Å²) in [6.45, 7) is 4.01. The van der Waals surface area contributed by atoms with Crippen LogP contribution in [0.3, 0.4) is 0 Å². The molecule has 2 aromatic carbocycles. The maximum Gasteiger partial charge on any atom is 0.261 e. The number of nitrogens with zero attached hydrogens (tertiary/aromatic N) is 2. The Morgan fingerprint density at radius 2 is 2.00 bits per heavy atom. The Morgan fingerprint density at radius 3 is 2.63 bits per heavy atom. The summed E-state index contributed by atoms with van der Waals surface area (Å²) in [5.74, 6) is -0.940. The molecule has 8 heteroatoms. The number of benzodiazepines with no additional fused rings is 1. The van der Waals surface area contributed by atoms with Crippen molar-refractivity contribution in [2.24, 2.45) is 16.6 Å². The monoisotopic (exact) mass is 508 g/mol. The molecule has 4 atom stereocenters. The minimum absolute atomic E-state index is 0.104. The van der Waals surface area contributed by atoms with Crippen LogP contribution in [0.25, 0.3) is 0 Å². The van der Waals surface area contributed by atoms with Crippen molar-refractivity contribution in [2.45, 2.75) is 31.6 Å². The van der Waals surface area contributed by atoms with Crippen LogP contribution in [0.2, 0.25) is 5.02 Å². The van der Waals surface area contributed by atoms with Crippen LogP contribution in [0.4, 0.5) is 5.69 Å². The van der Waals surface area contributed by atoms with Crippen LogP contribution in [0.15, 0.2) is 77.3 Å². The number of hydrogen-bond donors (Lipinski definition) is 3. The van der Waals surface area contributed by atoms with Crippen molar-refractivity contribution in [1.29, 1.82) is 0 Å². The Balaban J connectivity index is 2.06. The van der Waals surface area contributed by atoms with Gasteiger partial charge in [0.15, 0.2) is 11.8 Å². The van der Waals surface area contributed by atoms with E-state index in [0.29, 0.717) is 22.0 Å². The number of rotatable bonds is 6. The fourth-order valence-electron chi connectivity index (χ4n) is 4.96. The van der Waals surface area contributed by atoms with Crippen LogP contribution in [0.5, 0.6) is 0 Å². The number of carbonyl (C=O) groups is 2. The van der Waals surface area contributed by atoms with E-state index < -0.39 is 29.4 Å². The number of Topliss-reactive ketones (excluding diaryl/α,β-unsaturated/α-hetero) is 1. The molecule has 0 radical (unpaired) electrons. The summed E-state index contributed by atoms with van der Waals surface area (Å²) < 4.78 is 0. The Hall–Kier alpha value is -2.71. The molecule has 35 heavy (non-hydrogen) atoms. The molecule has 6 nitrogen and oxygen atoms in total. The Bertz CT molecular complexity index is 1240. The molecular weight excluding hydrogens is 480 g/mol. The lowest BCUT2D eigenvalue weighted by molar-refractivity contribution is -0.129. The standard InChI is InChI=1S/C27H29ClN4O2S/c1-16-8-7-9-17(2)27(16,30-3)32-22-13-12-19(28)14-20(22)23(18-10-5-4-6-11-18)31-24(26(32)34)25(33)21(29)15-35/h4-14,16,21,24,30,35H,15,29H2,1-3H3. The van der Waals surface area contributed by atoms with E-state index in [0.717, 1.165) is 11.1 Å². The molecule has 1 amide bonds. The summed E-state index contributed by atoms with van der Waals surface area (Å²) in [6, 6.07) is 12.5. The third-order valence-electron chi connectivity index (χ3n) is 6.79. The molecule has 0 fully saturated rings. The van der Waals surface area contributed by atoms with Gasteiger partial charge in [0.2, 0.25) is 0 Å². The summed E-state index contributed by atoms with van der Waals surface area (Å²) in [7, 11) is 1.82. The van der Waals surface area contributed by atoms with Crippen molar-refractivity contribution in [3.63, 3.8) is 0 Å². The first-order valence-corrected chi connectivity index (χ1v) is 12.5. The first-order chi connectivity index (χ1) is 16.8. The van der Waals surface area contributed by atoms with Gasteiger partial charge in [-0.2, -0.15) is 12.6 Å². The normalized spacial score (nSPS) is 24.9. The summed E-state index contributed by atoms with van der Waals surface area (Å²) in [5, 5.41) is 3.90. The quantitative estimate of drug-likeness (QED) is 0.409. The largest absolute Gasteiger partial charge is 0.321 e. The van der Waals surface area contributed by atoms with Gasteiger partial charge in [0.25, 0.3) is 5.91 Å². The number of ketones is 1. The van der Waals surface area contributed by atoms with Crippen molar-refractivity contribution < 1.29 is 9.59 Å². The van der Waals surface area contributed by atoms with Crippen LogP contribution in [0, 0.1) is 5.92 Å². The lowest BCUT2D eigenvalue weighted by Crippen LogP contribution is -2.67. The molecule has 0 aromatic heterocycles. The summed E-state index contributed by atoms with van der Waals surface area (Å²) in [6.07, 6.45) is 5.98. The maximum atomic E-state index is 14.4. The maximum absolute atomic E-state index is 14.4. The molecule has 2 aliphatic rings. The average molecular weight is 509 g/mol. The predicted molar refractivity (Wildman–Crippen MR) is 145 cm³/mol. The molecule has 0 saturated heterocycles. The third kappa shape index (κ3) is 4.27. The van der Waals surface area contributed by atoms with E-state index in [1.165, 1.54) is 0 Å². The lowest BCUT2D eigenvalue weighted by atomic mass is 9.80. The minimum Gasteiger partial charge on any atom is -0.321 e. The number of fused-ring (bicyclic) bond motifs is 1. The second-order valence-corrected chi connectivity index (χ2v) is 9.61. The molecule has 0 bridgehead atoms. The van der Waals surface area contributed by atoms with Crippen molar-refractivity contribution >= 4 is 47.3 Å². The van der Waals surface area contributed by atoms with E-state index >= 15 is 0 Å². The van der Waals surface area contributed by atoms with E-state index in [1.54, 1.807) is 17.0 Å². The number of amides is 1. The van der Waals surface area contributed by atoms with Crippen LogP contribution < -0.4 is 16.0 Å². The Morgan fingerprint density at radius 1 is 1.29 bits per heavy atom. The van der Waals surface area contributed by atoms with E-state index in [2.05, 4.69) is 17.9 Å². The number of nitrogens with one attached hydrogen (secondary N) is 1. The van der Waals surface area contributed by atoms with Crippen LogP contribution in [-0.4, -0.2) is 47.9 Å². The van der Waals surface area contributed by atoms with Gasteiger partial charge in [-0.25, -0.2) is 0 Å². The van der Waals surface area contributed by atoms with Gasteiger partial charge in [-0.05, 0) is 37.7 Å². The first kappa shape index (κ1) is 25.4. The number of halogens is 1. The molecule has 4 unspecified atom stereocenters. The molecule has 1 heterocycles. The molecule has 3 N–H and O–H groups in total. The molecule has 1 aliphatic carbocycles. The van der Waals surface area contributed by atoms with Gasteiger partial charge in [0, 0.05) is 27.8 Å². The summed E-state index contributed by atoms with van der Waals surface area (Å²) >= 11 is 10.7. The molecule has 0 saturated carbocycles. The second kappa shape index (κ2) is 10.1. The number of hydrogen-bond acceptors (Lipinski definition) is 6. The van der Waals surface area contributed by atoms with Gasteiger partial charge in [0.05, 0.1) is 17.4 Å². The number of likely N-dealkylation sites (N-methyl/N-ethyl adjacent to an activating group) is 1. The molecule has 182 valence electrons. The van der Waals surface area contributed by atoms with E-state index in [-0.39, 0.29) is 11.7 Å². The van der Waals surface area contributed by atoms with E-state index in [1.807, 2.05) is 75.5 Å². The lowest BCUT2D eigenvalue weighted by Gasteiger charge is -2.49. The van der Waals surface area contributed by atoms with Crippen molar-refractivity contribution in [3.05, 3.63) is 88.5 Å². The fraction of sp³-hybridized carbons (Fsp3) is 0.296. The number of thiol groups is 1. The first-order valence-electron chi connectivity index (χ1n) is 11.5. The van der Waals surface area contributed by atoms with E-state index in [9.17, 15) is 9.59 Å². The molecule has 1 aliphatic heterocycles. The number of nitrogens with two attached hydrogens (primary N) is 1. The highest BCUT2D eigenvalue weighted by molar-refractivity contribution is 7.80. The van der Waals surface area contributed by atoms with Crippen molar-refractivity contribution in [3.8, 4) is 0 Å². The highest BCUT2D eigenvalue weighted by Crippen LogP contribution is 2.42. The predicted octanol–water partition coefficient (Wildman–Crippen LogP) is 3.79. The summed E-state index contributed by atoms with van der Waals surface area (Å²) in [4.78, 5) is 34.3. The van der Waals surface area contributed by atoms with Crippen molar-refractivity contribution in [1.82, 2.24) is 5.32 Å². The number of benzene rings is 2. The Kier molecular flexibility index (Phi) is 7.33. The summed E-state index contributed by atoms with van der Waals surface area (Å²) in [5.41, 5.74) is 8.64. The number of aliphatic imine (C=N–C) groups is 1. The van der Waals surface area contributed by atoms with Gasteiger partial charge in [0.1, 0.15) is 5.66 Å². The zero-order valence-electron chi connectivity index (χ0n) is 19.9. The molecule has 0 spiro atoms. The molecule has 4 rings (SSSR count). The second-order valence-electron chi connectivity index (χ2n) is 8.81. The SMILES string of the molecule is CNC1(N2C(=O)C(C(=O)C(N)CS)N=C(c3ccccc3)c3cc(Cl)ccc32)C(C)=CC=CC1C. The molecular formula is C27H29ClN4O2S. The van der Waals surface area contributed by atoms with Gasteiger partial charge >= 0.3 is 0 Å². The average Bonchev–Trinajstić information content (AvgIpc) is 2.98. The van der Waals surface area contributed by atoms with Gasteiger partial charge in [-0.3, -0.25) is 24.8 Å².